The van der Waals surface area contributed by atoms with Gasteiger partial charge in [-0.05, 0) is 51.5 Å². The molecule has 1 atom stereocenters. The Hall–Kier alpha value is -1.77. The van der Waals surface area contributed by atoms with Crippen molar-refractivity contribution >= 4 is 33.3 Å². The number of hydrogen-bond acceptors (Lipinski definition) is 8. The molecule has 0 saturated carbocycles. The van der Waals surface area contributed by atoms with Crippen LogP contribution in [0.3, 0.4) is 0 Å². The first-order chi connectivity index (χ1) is 14.0. The predicted octanol–water partition coefficient (Wildman–Crippen LogP) is 3.40. The van der Waals surface area contributed by atoms with Gasteiger partial charge in [-0.3, -0.25) is 0 Å². The molecule has 4 rings (SSSR count). The van der Waals surface area contributed by atoms with Gasteiger partial charge < -0.3 is 19.7 Å². The summed E-state index contributed by atoms with van der Waals surface area (Å²) in [5, 5.41) is 4.61. The Morgan fingerprint density at radius 2 is 2.07 bits per heavy atom. The van der Waals surface area contributed by atoms with E-state index >= 15 is 0 Å². The molecule has 0 spiro atoms. The number of thiophene rings is 1. The van der Waals surface area contributed by atoms with Crippen LogP contribution in [0.4, 0.5) is 5.82 Å². The third-order valence-corrected chi connectivity index (χ3v) is 7.00. The van der Waals surface area contributed by atoms with Crippen LogP contribution in [0, 0.1) is 19.8 Å². The zero-order valence-corrected chi connectivity index (χ0v) is 18.3. The molecule has 2 fully saturated rings. The maximum atomic E-state index is 12.3. The highest BCUT2D eigenvalue weighted by Crippen LogP contribution is 2.35. The Morgan fingerprint density at radius 1 is 1.28 bits per heavy atom. The van der Waals surface area contributed by atoms with Gasteiger partial charge in [0, 0.05) is 32.3 Å². The van der Waals surface area contributed by atoms with Crippen LogP contribution in [0.1, 0.15) is 47.2 Å². The first-order valence-corrected chi connectivity index (χ1v) is 11.4. The number of likely N-dealkylation sites (tertiary alicyclic amines) is 1. The molecule has 2 saturated heterocycles. The van der Waals surface area contributed by atoms with Crippen molar-refractivity contribution < 1.29 is 14.3 Å². The first kappa shape index (κ1) is 20.5. The van der Waals surface area contributed by atoms with Crippen molar-refractivity contribution in [1.29, 1.82) is 0 Å². The van der Waals surface area contributed by atoms with E-state index in [-0.39, 0.29) is 5.97 Å². The molecule has 1 N–H and O–H groups in total. The van der Waals surface area contributed by atoms with Crippen LogP contribution < -0.4 is 5.32 Å². The van der Waals surface area contributed by atoms with E-state index < -0.39 is 0 Å². The van der Waals surface area contributed by atoms with Crippen LogP contribution in [-0.2, 0) is 9.47 Å². The maximum absolute atomic E-state index is 12.3. The number of rotatable bonds is 6. The molecule has 4 heterocycles. The third kappa shape index (κ3) is 4.54. The van der Waals surface area contributed by atoms with Crippen molar-refractivity contribution in [3.05, 3.63) is 16.3 Å². The number of aryl methyl sites for hydroxylation is 2. The number of nitrogens with one attached hydrogen (secondary N) is 1. The van der Waals surface area contributed by atoms with Crippen molar-refractivity contribution in [2.75, 3.05) is 44.8 Å². The lowest BCUT2D eigenvalue weighted by Gasteiger charge is -2.34. The van der Waals surface area contributed by atoms with Crippen molar-refractivity contribution in [3.63, 3.8) is 0 Å². The summed E-state index contributed by atoms with van der Waals surface area (Å²) < 4.78 is 10.7. The van der Waals surface area contributed by atoms with Crippen LogP contribution in [0.25, 0.3) is 10.2 Å². The van der Waals surface area contributed by atoms with Crippen LogP contribution >= 0.6 is 11.3 Å². The van der Waals surface area contributed by atoms with E-state index in [9.17, 15) is 4.79 Å². The van der Waals surface area contributed by atoms with Gasteiger partial charge in [0.15, 0.2) is 0 Å². The SMILES string of the molecule is CCOC(=O)c1sc2nc(C)nc(NC3CCN(CC4CCOC4)CC3)c2c1C. The highest BCUT2D eigenvalue weighted by atomic mass is 32.1. The van der Waals surface area contributed by atoms with E-state index in [0.717, 1.165) is 73.1 Å². The van der Waals surface area contributed by atoms with Gasteiger partial charge in [-0.15, -0.1) is 11.3 Å². The van der Waals surface area contributed by atoms with E-state index in [1.807, 2.05) is 20.8 Å². The zero-order chi connectivity index (χ0) is 20.4. The minimum absolute atomic E-state index is 0.277. The molecule has 29 heavy (non-hydrogen) atoms. The van der Waals surface area contributed by atoms with E-state index in [1.165, 1.54) is 17.8 Å². The zero-order valence-electron chi connectivity index (χ0n) is 17.5. The van der Waals surface area contributed by atoms with E-state index in [1.54, 1.807) is 0 Å². The molecule has 0 aliphatic carbocycles. The summed E-state index contributed by atoms with van der Waals surface area (Å²) in [6.45, 7) is 11.2. The Balaban J connectivity index is 1.47. The third-order valence-electron chi connectivity index (χ3n) is 5.83. The average molecular weight is 419 g/mol. The lowest BCUT2D eigenvalue weighted by Crippen LogP contribution is -2.41. The van der Waals surface area contributed by atoms with Gasteiger partial charge in [0.2, 0.25) is 0 Å². The van der Waals surface area contributed by atoms with Crippen LogP contribution in [0.5, 0.6) is 0 Å². The summed E-state index contributed by atoms with van der Waals surface area (Å²) in [6.07, 6.45) is 3.37. The summed E-state index contributed by atoms with van der Waals surface area (Å²) in [6, 6.07) is 0.383. The van der Waals surface area contributed by atoms with Gasteiger partial charge in [-0.2, -0.15) is 0 Å². The fourth-order valence-corrected chi connectivity index (χ4v) is 5.41. The molecular weight excluding hydrogens is 388 g/mol. The van der Waals surface area contributed by atoms with Crippen molar-refractivity contribution in [2.24, 2.45) is 5.92 Å². The Labute approximate surface area is 175 Å². The number of nitrogens with zero attached hydrogens (tertiary/aromatic N) is 3. The summed E-state index contributed by atoms with van der Waals surface area (Å²) in [5.41, 5.74) is 0.907. The lowest BCUT2D eigenvalue weighted by atomic mass is 10.0. The smallest absolute Gasteiger partial charge is 0.348 e. The second kappa shape index (κ2) is 8.93. The molecule has 0 amide bonds. The Kier molecular flexibility index (Phi) is 6.32. The van der Waals surface area contributed by atoms with E-state index in [2.05, 4.69) is 20.2 Å². The fourth-order valence-electron chi connectivity index (χ4n) is 4.29. The molecule has 7 nitrogen and oxygen atoms in total. The molecule has 8 heteroatoms. The minimum atomic E-state index is -0.277. The highest BCUT2D eigenvalue weighted by molar-refractivity contribution is 7.20. The fraction of sp³-hybridized carbons (Fsp3) is 0.667. The monoisotopic (exact) mass is 418 g/mol. The predicted molar refractivity (Wildman–Crippen MR) is 115 cm³/mol. The number of carbonyl (C=O) groups excluding carboxylic acids is 1. The van der Waals surface area contributed by atoms with Gasteiger partial charge in [-0.1, -0.05) is 0 Å². The number of hydrogen-bond donors (Lipinski definition) is 1. The Bertz CT molecular complexity index is 870. The average Bonchev–Trinajstić information content (AvgIpc) is 3.31. The number of ether oxygens (including phenoxy) is 2. The summed E-state index contributed by atoms with van der Waals surface area (Å²) in [5.74, 6) is 1.98. The number of anilines is 1. The normalized spacial score (nSPS) is 21.0. The molecule has 1 unspecified atom stereocenters. The molecule has 158 valence electrons. The second-order valence-corrected chi connectivity index (χ2v) is 9.02. The molecular formula is C21H30N4O3S. The maximum Gasteiger partial charge on any atom is 0.348 e. The van der Waals surface area contributed by atoms with Gasteiger partial charge in [-0.25, -0.2) is 14.8 Å². The number of fused-ring (bicyclic) bond motifs is 1. The molecule has 2 aliphatic rings. The number of carbonyl (C=O) groups is 1. The van der Waals surface area contributed by atoms with Gasteiger partial charge in [0.1, 0.15) is 21.3 Å². The highest BCUT2D eigenvalue weighted by Gasteiger charge is 2.26. The second-order valence-electron chi connectivity index (χ2n) is 8.03. The lowest BCUT2D eigenvalue weighted by molar-refractivity contribution is 0.0531. The van der Waals surface area contributed by atoms with Gasteiger partial charge >= 0.3 is 5.97 Å². The standard InChI is InChI=1S/C21H30N4O3S/c1-4-28-21(26)18-13(2)17-19(22-14(3)23-20(17)29-18)24-16-5-8-25(9-6-16)11-15-7-10-27-12-15/h15-16H,4-12H2,1-3H3,(H,22,23,24). The number of aromatic nitrogens is 2. The molecule has 2 aromatic heterocycles. The molecule has 2 aliphatic heterocycles. The molecule has 2 aromatic rings. The number of piperidine rings is 1. The van der Waals surface area contributed by atoms with Crippen molar-refractivity contribution in [3.8, 4) is 0 Å². The van der Waals surface area contributed by atoms with Gasteiger partial charge in [0.05, 0.1) is 18.6 Å². The first-order valence-electron chi connectivity index (χ1n) is 10.6. The van der Waals surface area contributed by atoms with E-state index in [4.69, 9.17) is 9.47 Å². The van der Waals surface area contributed by atoms with Crippen molar-refractivity contribution in [1.82, 2.24) is 14.9 Å². The summed E-state index contributed by atoms with van der Waals surface area (Å²) >= 11 is 1.39. The minimum Gasteiger partial charge on any atom is -0.462 e. The van der Waals surface area contributed by atoms with Crippen LogP contribution in [0.15, 0.2) is 0 Å². The van der Waals surface area contributed by atoms with Crippen LogP contribution in [-0.4, -0.2) is 66.3 Å². The van der Waals surface area contributed by atoms with Crippen LogP contribution in [0.2, 0.25) is 0 Å². The summed E-state index contributed by atoms with van der Waals surface area (Å²) in [7, 11) is 0. The topological polar surface area (TPSA) is 76.6 Å². The van der Waals surface area contributed by atoms with E-state index in [0.29, 0.717) is 23.4 Å². The Morgan fingerprint density at radius 3 is 2.76 bits per heavy atom. The van der Waals surface area contributed by atoms with Gasteiger partial charge in [0.25, 0.3) is 0 Å². The molecule has 0 aromatic carbocycles. The molecule has 0 bridgehead atoms. The summed E-state index contributed by atoms with van der Waals surface area (Å²) in [4.78, 5) is 25.6. The molecule has 0 radical (unpaired) electrons. The van der Waals surface area contributed by atoms with Crippen molar-refractivity contribution in [2.45, 2.75) is 46.1 Å². The largest absolute Gasteiger partial charge is 0.462 e. The number of esters is 1. The quantitative estimate of drug-likeness (QED) is 0.721.